The Labute approximate surface area is 358 Å². The predicted molar refractivity (Wildman–Crippen MR) is 262 cm³/mol. The highest BCUT2D eigenvalue weighted by atomic mass is 32.1. The molecule has 0 unspecified atom stereocenters. The van der Waals surface area contributed by atoms with Crippen molar-refractivity contribution in [1.82, 2.24) is 4.57 Å². The Hall–Kier alpha value is -7.72. The van der Waals surface area contributed by atoms with Crippen LogP contribution in [-0.2, 0) is 0 Å². The van der Waals surface area contributed by atoms with Crippen LogP contribution in [0.25, 0.3) is 91.8 Å². The largest absolute Gasteiger partial charge is 0.310 e. The van der Waals surface area contributed by atoms with Crippen molar-refractivity contribution in [2.24, 2.45) is 0 Å². The topological polar surface area (TPSA) is 8.17 Å². The van der Waals surface area contributed by atoms with Crippen LogP contribution in [0.4, 0.5) is 17.1 Å². The molecule has 2 nitrogen and oxygen atoms in total. The molecule has 0 spiro atoms. The first kappa shape index (κ1) is 35.2. The third-order valence-corrected chi connectivity index (χ3v) is 13.3. The minimum Gasteiger partial charge on any atom is -0.310 e. The van der Waals surface area contributed by atoms with Gasteiger partial charge in [-0.05, 0) is 106 Å². The molecule has 2 aromatic heterocycles. The summed E-state index contributed by atoms with van der Waals surface area (Å²) >= 11 is 1.85. The summed E-state index contributed by atoms with van der Waals surface area (Å²) in [6.45, 7) is 0. The van der Waals surface area contributed by atoms with E-state index in [9.17, 15) is 0 Å². The SMILES string of the molecule is c1cc(-c2ccc(N(c3ccc4sc5ccccc5c4c3)c3ccccc3-c3ccc4ccccc4c3)cc2)cc(-c2ccccc2-n2c3ccccc3c3ccccc32)c1. The minimum absolute atomic E-state index is 1.10. The van der Waals surface area contributed by atoms with E-state index < -0.39 is 0 Å². The zero-order valence-corrected chi connectivity index (χ0v) is 34.1. The fourth-order valence-corrected chi connectivity index (χ4v) is 10.4. The number of thiophene rings is 1. The van der Waals surface area contributed by atoms with Crippen molar-refractivity contribution >= 4 is 81.1 Å². The van der Waals surface area contributed by atoms with Crippen LogP contribution in [0.2, 0.25) is 0 Å². The molecule has 0 radical (unpaired) electrons. The van der Waals surface area contributed by atoms with Crippen LogP contribution in [0, 0.1) is 0 Å². The zero-order valence-electron chi connectivity index (χ0n) is 33.2. The summed E-state index contributed by atoms with van der Waals surface area (Å²) in [6, 6.07) is 84.2. The number of hydrogen-bond donors (Lipinski definition) is 0. The molecule has 286 valence electrons. The van der Waals surface area contributed by atoms with Gasteiger partial charge in [0, 0.05) is 53.4 Å². The molecule has 61 heavy (non-hydrogen) atoms. The summed E-state index contributed by atoms with van der Waals surface area (Å²) in [5, 5.41) is 7.57. The van der Waals surface area contributed by atoms with E-state index in [4.69, 9.17) is 0 Å². The van der Waals surface area contributed by atoms with Crippen molar-refractivity contribution < 1.29 is 0 Å². The molecule has 0 fully saturated rings. The zero-order chi connectivity index (χ0) is 40.3. The molecule has 3 heteroatoms. The van der Waals surface area contributed by atoms with E-state index >= 15 is 0 Å². The van der Waals surface area contributed by atoms with Gasteiger partial charge in [0.25, 0.3) is 0 Å². The first-order valence-corrected chi connectivity index (χ1v) is 21.6. The lowest BCUT2D eigenvalue weighted by molar-refractivity contribution is 1.18. The van der Waals surface area contributed by atoms with Gasteiger partial charge in [-0.25, -0.2) is 0 Å². The Morgan fingerprint density at radius 1 is 0.328 bits per heavy atom. The third-order valence-electron chi connectivity index (χ3n) is 12.2. The molecule has 10 aromatic carbocycles. The van der Waals surface area contributed by atoms with Crippen LogP contribution < -0.4 is 4.90 Å². The molecule has 2 heterocycles. The second-order valence-electron chi connectivity index (χ2n) is 15.7. The molecule has 0 bridgehead atoms. The summed E-state index contributed by atoms with van der Waals surface area (Å²) < 4.78 is 5.02. The van der Waals surface area contributed by atoms with Crippen molar-refractivity contribution in [3.05, 3.63) is 231 Å². The smallest absolute Gasteiger partial charge is 0.0541 e. The minimum atomic E-state index is 1.10. The van der Waals surface area contributed by atoms with E-state index in [-0.39, 0.29) is 0 Å². The Bertz CT molecular complexity index is 3560. The monoisotopic (exact) mass is 794 g/mol. The number of fused-ring (bicyclic) bond motifs is 7. The summed E-state index contributed by atoms with van der Waals surface area (Å²) in [5.41, 5.74) is 14.0. The fraction of sp³-hybridized carbons (Fsp3) is 0. The standard InChI is InChI=1S/C58H38N2S/c1-2-15-41-37-44(29-28-39(41)14-1)48-19-3-8-23-53(48)59(46-34-35-58-52(38-46)51-22-7-12-27-57(51)61-58)45-32-30-40(31-33-45)42-16-13-17-43(36-42)47-18-4-9-24-54(47)60-55-25-10-5-20-49(55)50-21-6-11-26-56(50)60/h1-38H. The van der Waals surface area contributed by atoms with Gasteiger partial charge in [-0.3, -0.25) is 0 Å². The quantitative estimate of drug-likeness (QED) is 0.156. The summed E-state index contributed by atoms with van der Waals surface area (Å²) in [5.74, 6) is 0. The normalized spacial score (nSPS) is 11.6. The molecule has 0 saturated heterocycles. The van der Waals surface area contributed by atoms with Gasteiger partial charge < -0.3 is 9.47 Å². The maximum Gasteiger partial charge on any atom is 0.0541 e. The van der Waals surface area contributed by atoms with Crippen LogP contribution in [0.3, 0.4) is 0 Å². The van der Waals surface area contributed by atoms with Crippen molar-refractivity contribution in [1.29, 1.82) is 0 Å². The number of anilines is 3. The molecule has 0 saturated carbocycles. The number of aromatic nitrogens is 1. The summed E-state index contributed by atoms with van der Waals surface area (Å²) in [4.78, 5) is 2.43. The molecule has 0 atom stereocenters. The average Bonchev–Trinajstić information content (AvgIpc) is 3.87. The second-order valence-corrected chi connectivity index (χ2v) is 16.8. The number of hydrogen-bond acceptors (Lipinski definition) is 2. The first-order valence-electron chi connectivity index (χ1n) is 20.8. The maximum absolute atomic E-state index is 2.43. The number of benzene rings is 10. The lowest BCUT2D eigenvalue weighted by Gasteiger charge is -2.28. The van der Waals surface area contributed by atoms with E-state index in [0.29, 0.717) is 0 Å². The Balaban J connectivity index is 0.973. The maximum atomic E-state index is 2.43. The van der Waals surface area contributed by atoms with E-state index in [1.807, 2.05) is 11.3 Å². The molecule has 0 N–H and O–H groups in total. The lowest BCUT2D eigenvalue weighted by atomic mass is 9.97. The van der Waals surface area contributed by atoms with Crippen LogP contribution in [-0.4, -0.2) is 4.57 Å². The summed E-state index contributed by atoms with van der Waals surface area (Å²) in [7, 11) is 0. The first-order chi connectivity index (χ1) is 30.2. The van der Waals surface area contributed by atoms with Gasteiger partial charge in [0.2, 0.25) is 0 Å². The van der Waals surface area contributed by atoms with Crippen molar-refractivity contribution in [2.45, 2.75) is 0 Å². The Morgan fingerprint density at radius 3 is 1.74 bits per heavy atom. The van der Waals surface area contributed by atoms with Crippen LogP contribution in [0.15, 0.2) is 231 Å². The number of para-hydroxylation sites is 4. The predicted octanol–water partition coefficient (Wildman–Crippen LogP) is 16.8. The molecular formula is C58H38N2S. The van der Waals surface area contributed by atoms with Crippen molar-refractivity contribution in [2.75, 3.05) is 4.90 Å². The molecule has 0 aliphatic rings. The van der Waals surface area contributed by atoms with Crippen molar-refractivity contribution in [3.63, 3.8) is 0 Å². The molecular weight excluding hydrogens is 757 g/mol. The highest BCUT2D eigenvalue weighted by Crippen LogP contribution is 2.45. The number of rotatable bonds is 7. The molecule has 0 aliphatic carbocycles. The molecule has 12 rings (SSSR count). The molecule has 0 aliphatic heterocycles. The Morgan fingerprint density at radius 2 is 0.918 bits per heavy atom. The number of nitrogens with zero attached hydrogens (tertiary/aromatic N) is 2. The van der Waals surface area contributed by atoms with Gasteiger partial charge >= 0.3 is 0 Å². The third kappa shape index (κ3) is 6.01. The van der Waals surface area contributed by atoms with Crippen LogP contribution in [0.5, 0.6) is 0 Å². The van der Waals surface area contributed by atoms with Gasteiger partial charge in [-0.2, -0.15) is 0 Å². The lowest BCUT2D eigenvalue weighted by Crippen LogP contribution is -2.11. The second kappa shape index (κ2) is 14.5. The highest BCUT2D eigenvalue weighted by Gasteiger charge is 2.20. The van der Waals surface area contributed by atoms with E-state index in [2.05, 4.69) is 240 Å². The molecule has 12 aromatic rings. The van der Waals surface area contributed by atoms with Gasteiger partial charge in [0.15, 0.2) is 0 Å². The van der Waals surface area contributed by atoms with E-state index in [1.54, 1.807) is 0 Å². The van der Waals surface area contributed by atoms with Crippen LogP contribution in [0.1, 0.15) is 0 Å². The van der Waals surface area contributed by atoms with E-state index in [1.165, 1.54) is 91.8 Å². The van der Waals surface area contributed by atoms with Gasteiger partial charge in [0.05, 0.1) is 22.4 Å². The van der Waals surface area contributed by atoms with Gasteiger partial charge in [-0.1, -0.05) is 158 Å². The van der Waals surface area contributed by atoms with E-state index in [0.717, 1.165) is 17.1 Å². The van der Waals surface area contributed by atoms with Gasteiger partial charge in [-0.15, -0.1) is 11.3 Å². The molecule has 0 amide bonds. The van der Waals surface area contributed by atoms with Crippen LogP contribution >= 0.6 is 11.3 Å². The van der Waals surface area contributed by atoms with Crippen molar-refractivity contribution in [3.8, 4) is 39.1 Å². The fourth-order valence-electron chi connectivity index (χ4n) is 9.31. The average molecular weight is 795 g/mol. The summed E-state index contributed by atoms with van der Waals surface area (Å²) in [6.07, 6.45) is 0. The Kier molecular flexibility index (Phi) is 8.39. The highest BCUT2D eigenvalue weighted by molar-refractivity contribution is 7.25. The van der Waals surface area contributed by atoms with Gasteiger partial charge in [0.1, 0.15) is 0 Å².